The summed E-state index contributed by atoms with van der Waals surface area (Å²) >= 11 is 0. The Morgan fingerprint density at radius 3 is 2.08 bits per heavy atom. The largest absolute Gasteiger partial charge is 0.377 e. The molecule has 6 heteroatoms. The van der Waals surface area contributed by atoms with E-state index in [0.29, 0.717) is 25.2 Å². The Morgan fingerprint density at radius 2 is 1.50 bits per heavy atom. The van der Waals surface area contributed by atoms with Crippen LogP contribution in [0.2, 0.25) is 0 Å². The van der Waals surface area contributed by atoms with E-state index in [1.807, 2.05) is 117 Å². The smallest absolute Gasteiger partial charge is 0.319 e. The van der Waals surface area contributed by atoms with Gasteiger partial charge in [-0.15, -0.1) is 0 Å². The van der Waals surface area contributed by atoms with E-state index in [4.69, 9.17) is 0 Å². The maximum absolute atomic E-state index is 14.0. The first-order chi connectivity index (χ1) is 17.3. The predicted octanol–water partition coefficient (Wildman–Crippen LogP) is 6.01. The molecule has 3 aromatic rings. The summed E-state index contributed by atoms with van der Waals surface area (Å²) in [5, 5.41) is 5.78. The van der Waals surface area contributed by atoms with E-state index in [-0.39, 0.29) is 23.9 Å². The minimum atomic E-state index is -0.249. The number of hydrogen-bond acceptors (Lipinski definition) is 3. The third-order valence-electron chi connectivity index (χ3n) is 6.04. The van der Waals surface area contributed by atoms with E-state index < -0.39 is 0 Å². The number of nitrogens with one attached hydrogen (secondary N) is 2. The Bertz CT molecular complexity index is 1130. The minimum absolute atomic E-state index is 0.0356. The normalized spacial score (nSPS) is 11.6. The minimum Gasteiger partial charge on any atom is -0.377 e. The van der Waals surface area contributed by atoms with E-state index in [2.05, 4.69) is 17.6 Å². The van der Waals surface area contributed by atoms with E-state index in [0.717, 1.165) is 22.4 Å². The van der Waals surface area contributed by atoms with Gasteiger partial charge in [0.05, 0.1) is 5.92 Å². The Kier molecular flexibility index (Phi) is 9.51. The second-order valence-electron chi connectivity index (χ2n) is 9.54. The summed E-state index contributed by atoms with van der Waals surface area (Å²) < 4.78 is 0. The van der Waals surface area contributed by atoms with Gasteiger partial charge in [0, 0.05) is 44.6 Å². The predicted molar refractivity (Wildman–Crippen MR) is 148 cm³/mol. The van der Waals surface area contributed by atoms with Gasteiger partial charge < -0.3 is 20.4 Å². The Morgan fingerprint density at radius 1 is 0.861 bits per heavy atom. The summed E-state index contributed by atoms with van der Waals surface area (Å²) in [6, 6.07) is 25.7. The summed E-state index contributed by atoms with van der Waals surface area (Å²) in [6.07, 6.45) is 0.714. The first-order valence-electron chi connectivity index (χ1n) is 12.5. The van der Waals surface area contributed by atoms with Crippen LogP contribution < -0.4 is 15.5 Å². The van der Waals surface area contributed by atoms with Gasteiger partial charge in [-0.1, -0.05) is 67.6 Å². The molecule has 1 atom stereocenters. The molecule has 2 N–H and O–H groups in total. The molecule has 0 spiro atoms. The number of anilines is 2. The van der Waals surface area contributed by atoms with Crippen LogP contribution in [0.25, 0.3) is 0 Å². The molecule has 0 fully saturated rings. The van der Waals surface area contributed by atoms with E-state index in [9.17, 15) is 9.59 Å². The molecular formula is C30H38N4O2. The van der Waals surface area contributed by atoms with Crippen LogP contribution in [0.1, 0.15) is 49.8 Å². The standard InChI is InChI=1S/C30H38N4O2/c1-6-27(24-15-11-8-12-16-24)29(35)34(20-23-13-9-7-10-14-23)21-25-19-26(17-18-28(25)33(4)5)32-30(36)31-22(2)3/h7-19,22,27H,6,20-21H2,1-5H3,(H2,31,32,36). The number of hydrogen-bond donors (Lipinski definition) is 2. The van der Waals surface area contributed by atoms with Crippen molar-refractivity contribution in [2.24, 2.45) is 0 Å². The van der Waals surface area contributed by atoms with E-state index in [1.54, 1.807) is 0 Å². The van der Waals surface area contributed by atoms with Gasteiger partial charge in [-0.3, -0.25) is 4.79 Å². The average molecular weight is 487 g/mol. The van der Waals surface area contributed by atoms with Gasteiger partial charge in [0.25, 0.3) is 0 Å². The summed E-state index contributed by atoms with van der Waals surface area (Å²) in [5.74, 6) is -0.135. The molecular weight excluding hydrogens is 448 g/mol. The molecule has 3 amide bonds. The van der Waals surface area contributed by atoms with Crippen molar-refractivity contribution in [2.75, 3.05) is 24.3 Å². The van der Waals surface area contributed by atoms with Crippen LogP contribution in [-0.4, -0.2) is 37.0 Å². The Hall–Kier alpha value is -3.80. The van der Waals surface area contributed by atoms with Crippen molar-refractivity contribution in [3.8, 4) is 0 Å². The lowest BCUT2D eigenvalue weighted by Gasteiger charge is -2.29. The maximum Gasteiger partial charge on any atom is 0.319 e. The molecule has 1 unspecified atom stereocenters. The number of urea groups is 1. The van der Waals surface area contributed by atoms with Gasteiger partial charge in [-0.2, -0.15) is 0 Å². The number of carbonyl (C=O) groups is 2. The third kappa shape index (κ3) is 7.35. The topological polar surface area (TPSA) is 64.7 Å². The molecule has 190 valence electrons. The molecule has 0 heterocycles. The molecule has 0 aliphatic rings. The van der Waals surface area contributed by atoms with Gasteiger partial charge in [0.1, 0.15) is 0 Å². The van der Waals surface area contributed by atoms with Crippen molar-refractivity contribution < 1.29 is 9.59 Å². The molecule has 0 aliphatic heterocycles. The lowest BCUT2D eigenvalue weighted by molar-refractivity contribution is -0.134. The van der Waals surface area contributed by atoms with Crippen molar-refractivity contribution >= 4 is 23.3 Å². The van der Waals surface area contributed by atoms with Gasteiger partial charge in [-0.05, 0) is 55.2 Å². The second kappa shape index (κ2) is 12.8. The second-order valence-corrected chi connectivity index (χ2v) is 9.54. The van der Waals surface area contributed by atoms with Gasteiger partial charge in [0.15, 0.2) is 0 Å². The number of nitrogens with zero attached hydrogens (tertiary/aromatic N) is 2. The quantitative estimate of drug-likeness (QED) is 0.369. The lowest BCUT2D eigenvalue weighted by atomic mass is 9.94. The molecule has 0 radical (unpaired) electrons. The van der Waals surface area contributed by atoms with Crippen molar-refractivity contribution in [3.63, 3.8) is 0 Å². The van der Waals surface area contributed by atoms with Crippen molar-refractivity contribution in [2.45, 2.75) is 52.2 Å². The monoisotopic (exact) mass is 486 g/mol. The third-order valence-corrected chi connectivity index (χ3v) is 6.04. The zero-order valence-electron chi connectivity index (χ0n) is 22.0. The molecule has 0 aliphatic carbocycles. The SMILES string of the molecule is CCC(C(=O)N(Cc1ccccc1)Cc1cc(NC(=O)NC(C)C)ccc1N(C)C)c1ccccc1. The van der Waals surface area contributed by atoms with Crippen LogP contribution in [0.15, 0.2) is 78.9 Å². The lowest BCUT2D eigenvalue weighted by Crippen LogP contribution is -2.35. The molecule has 0 bridgehead atoms. The molecule has 0 saturated carbocycles. The number of amides is 3. The zero-order valence-corrected chi connectivity index (χ0v) is 22.0. The maximum atomic E-state index is 14.0. The van der Waals surface area contributed by atoms with E-state index >= 15 is 0 Å². The van der Waals surface area contributed by atoms with Crippen LogP contribution >= 0.6 is 0 Å². The molecule has 36 heavy (non-hydrogen) atoms. The van der Waals surface area contributed by atoms with Crippen molar-refractivity contribution in [3.05, 3.63) is 95.6 Å². The highest BCUT2D eigenvalue weighted by Crippen LogP contribution is 2.28. The molecule has 3 rings (SSSR count). The van der Waals surface area contributed by atoms with E-state index in [1.165, 1.54) is 0 Å². The average Bonchev–Trinajstić information content (AvgIpc) is 2.85. The Labute approximate surface area is 215 Å². The van der Waals surface area contributed by atoms with Crippen LogP contribution in [0.3, 0.4) is 0 Å². The molecule has 0 aromatic heterocycles. The van der Waals surface area contributed by atoms with Crippen LogP contribution in [0.4, 0.5) is 16.2 Å². The summed E-state index contributed by atoms with van der Waals surface area (Å²) in [4.78, 5) is 30.3. The van der Waals surface area contributed by atoms with Crippen molar-refractivity contribution in [1.82, 2.24) is 10.2 Å². The highest BCUT2D eigenvalue weighted by atomic mass is 16.2. The Balaban J connectivity index is 1.96. The van der Waals surface area contributed by atoms with Crippen LogP contribution in [0.5, 0.6) is 0 Å². The van der Waals surface area contributed by atoms with Crippen LogP contribution in [-0.2, 0) is 17.9 Å². The van der Waals surface area contributed by atoms with Gasteiger partial charge in [0.2, 0.25) is 5.91 Å². The molecule has 6 nitrogen and oxygen atoms in total. The van der Waals surface area contributed by atoms with Gasteiger partial charge in [-0.25, -0.2) is 4.79 Å². The fourth-order valence-electron chi connectivity index (χ4n) is 4.34. The molecule has 3 aromatic carbocycles. The number of carbonyl (C=O) groups excluding carboxylic acids is 2. The zero-order chi connectivity index (χ0) is 26.1. The molecule has 0 saturated heterocycles. The fraction of sp³-hybridized carbons (Fsp3) is 0.333. The summed E-state index contributed by atoms with van der Waals surface area (Å²) in [5.41, 5.74) is 4.76. The summed E-state index contributed by atoms with van der Waals surface area (Å²) in [6.45, 7) is 6.82. The fourth-order valence-corrected chi connectivity index (χ4v) is 4.34. The first kappa shape index (κ1) is 26.8. The summed E-state index contributed by atoms with van der Waals surface area (Å²) in [7, 11) is 3.97. The highest BCUT2D eigenvalue weighted by Gasteiger charge is 2.26. The van der Waals surface area contributed by atoms with Crippen molar-refractivity contribution in [1.29, 1.82) is 0 Å². The first-order valence-corrected chi connectivity index (χ1v) is 12.5. The number of benzene rings is 3. The number of rotatable bonds is 10. The van der Waals surface area contributed by atoms with Crippen LogP contribution in [0, 0.1) is 0 Å². The van der Waals surface area contributed by atoms with Gasteiger partial charge >= 0.3 is 6.03 Å². The highest BCUT2D eigenvalue weighted by molar-refractivity contribution is 5.90.